The van der Waals surface area contributed by atoms with Gasteiger partial charge in [0.2, 0.25) is 0 Å². The summed E-state index contributed by atoms with van der Waals surface area (Å²) in [5.41, 5.74) is 2.37. The molecule has 2 aromatic rings. The number of halogens is 1. The average molecular weight is 290 g/mol. The van der Waals surface area contributed by atoms with Crippen LogP contribution < -0.4 is 5.32 Å². The van der Waals surface area contributed by atoms with Crippen molar-refractivity contribution in [2.24, 2.45) is 0 Å². The van der Waals surface area contributed by atoms with Gasteiger partial charge in [-0.3, -0.25) is 0 Å². The normalized spacial score (nSPS) is 18.0. The molecule has 1 aliphatic carbocycles. The van der Waals surface area contributed by atoms with E-state index < -0.39 is 0 Å². The van der Waals surface area contributed by atoms with Crippen LogP contribution in [0.3, 0.4) is 0 Å². The predicted octanol–water partition coefficient (Wildman–Crippen LogP) is 3.86. The molecule has 0 saturated heterocycles. The number of fused-ring (bicyclic) bond motifs is 1. The lowest BCUT2D eigenvalue weighted by Crippen LogP contribution is -2.24. The fourth-order valence-corrected chi connectivity index (χ4v) is 3.97. The van der Waals surface area contributed by atoms with Crippen LogP contribution in [0.25, 0.3) is 0 Å². The maximum Gasteiger partial charge on any atom is 0.123 e. The van der Waals surface area contributed by atoms with Gasteiger partial charge in [-0.2, -0.15) is 0 Å². The van der Waals surface area contributed by atoms with Crippen LogP contribution in [0.1, 0.15) is 46.9 Å². The Hall–Kier alpha value is -1.26. The number of aryl methyl sites for hydroxylation is 1. The van der Waals surface area contributed by atoms with E-state index in [1.54, 1.807) is 0 Å². The Morgan fingerprint density at radius 1 is 1.35 bits per heavy atom. The average Bonchev–Trinajstić information content (AvgIpc) is 2.85. The molecule has 1 aromatic heterocycles. The van der Waals surface area contributed by atoms with Gasteiger partial charge in [0.15, 0.2) is 0 Å². The highest BCUT2D eigenvalue weighted by molar-refractivity contribution is 7.11. The van der Waals surface area contributed by atoms with E-state index in [0.29, 0.717) is 6.04 Å². The first kappa shape index (κ1) is 13.7. The third-order valence-electron chi connectivity index (χ3n) is 3.72. The van der Waals surface area contributed by atoms with Crippen LogP contribution in [0, 0.1) is 5.82 Å². The van der Waals surface area contributed by atoms with Gasteiger partial charge in [0.05, 0.1) is 16.7 Å². The fourth-order valence-electron chi connectivity index (χ4n) is 2.77. The van der Waals surface area contributed by atoms with Crippen molar-refractivity contribution in [1.29, 1.82) is 0 Å². The molecule has 4 heteroatoms. The van der Waals surface area contributed by atoms with Crippen LogP contribution in [0.4, 0.5) is 4.39 Å². The minimum atomic E-state index is -0.181. The summed E-state index contributed by atoms with van der Waals surface area (Å²) in [6.07, 6.45) is 4.37. The lowest BCUT2D eigenvalue weighted by atomic mass is 9.98. The molecule has 20 heavy (non-hydrogen) atoms. The van der Waals surface area contributed by atoms with E-state index in [1.807, 2.05) is 23.5 Å². The minimum Gasteiger partial charge on any atom is -0.309 e. The molecule has 1 heterocycles. The molecule has 3 rings (SSSR count). The monoisotopic (exact) mass is 290 g/mol. The van der Waals surface area contributed by atoms with Crippen LogP contribution in [0.15, 0.2) is 24.3 Å². The molecule has 1 unspecified atom stereocenters. The second-order valence-electron chi connectivity index (χ2n) is 5.22. The van der Waals surface area contributed by atoms with Crippen molar-refractivity contribution in [1.82, 2.24) is 10.3 Å². The summed E-state index contributed by atoms with van der Waals surface area (Å²) in [6.45, 7) is 3.12. The summed E-state index contributed by atoms with van der Waals surface area (Å²) in [4.78, 5) is 6.26. The van der Waals surface area contributed by atoms with Crippen molar-refractivity contribution in [3.8, 4) is 0 Å². The van der Waals surface area contributed by atoms with Gasteiger partial charge in [0.1, 0.15) is 5.82 Å². The number of hydrogen-bond donors (Lipinski definition) is 1. The molecule has 0 aliphatic heterocycles. The second-order valence-corrected chi connectivity index (χ2v) is 6.39. The fraction of sp³-hybridized carbons (Fsp3) is 0.438. The Morgan fingerprint density at radius 3 is 2.90 bits per heavy atom. The van der Waals surface area contributed by atoms with E-state index in [-0.39, 0.29) is 5.82 Å². The van der Waals surface area contributed by atoms with Crippen LogP contribution in [-0.2, 0) is 12.8 Å². The Morgan fingerprint density at radius 2 is 2.15 bits per heavy atom. The van der Waals surface area contributed by atoms with Gasteiger partial charge < -0.3 is 5.32 Å². The lowest BCUT2D eigenvalue weighted by Gasteiger charge is -2.21. The number of benzene rings is 1. The van der Waals surface area contributed by atoms with Crippen LogP contribution >= 0.6 is 11.3 Å². The third kappa shape index (κ3) is 2.91. The summed E-state index contributed by atoms with van der Waals surface area (Å²) in [6, 6.07) is 7.14. The molecule has 0 radical (unpaired) electrons. The van der Waals surface area contributed by atoms with E-state index in [0.717, 1.165) is 30.0 Å². The molecule has 0 saturated carbocycles. The Bertz CT molecular complexity index is 577. The number of rotatable bonds is 4. The quantitative estimate of drug-likeness (QED) is 0.925. The van der Waals surface area contributed by atoms with Crippen molar-refractivity contribution < 1.29 is 4.39 Å². The molecule has 1 aliphatic rings. The van der Waals surface area contributed by atoms with Crippen molar-refractivity contribution in [2.75, 3.05) is 6.54 Å². The molecule has 106 valence electrons. The van der Waals surface area contributed by atoms with E-state index in [4.69, 9.17) is 4.98 Å². The SMILES string of the molecule is CCNC1CCCc2sc(Cc3ccc(F)cc3)nc21. The minimum absolute atomic E-state index is 0.181. The zero-order valence-electron chi connectivity index (χ0n) is 11.7. The molecule has 0 spiro atoms. The summed E-state index contributed by atoms with van der Waals surface area (Å²) < 4.78 is 12.9. The molecule has 1 aromatic carbocycles. The van der Waals surface area contributed by atoms with E-state index in [9.17, 15) is 4.39 Å². The van der Waals surface area contributed by atoms with Crippen LogP contribution in [0.5, 0.6) is 0 Å². The topological polar surface area (TPSA) is 24.9 Å². The highest BCUT2D eigenvalue weighted by atomic mass is 32.1. The van der Waals surface area contributed by atoms with Gasteiger partial charge in [-0.15, -0.1) is 11.3 Å². The van der Waals surface area contributed by atoms with E-state index in [1.165, 1.54) is 35.5 Å². The summed E-state index contributed by atoms with van der Waals surface area (Å²) in [7, 11) is 0. The summed E-state index contributed by atoms with van der Waals surface area (Å²) in [5, 5.41) is 4.66. The Labute approximate surface area is 123 Å². The number of thiazole rings is 1. The number of hydrogen-bond acceptors (Lipinski definition) is 3. The summed E-state index contributed by atoms with van der Waals surface area (Å²) in [5.74, 6) is -0.181. The Balaban J connectivity index is 1.80. The molecule has 0 bridgehead atoms. The van der Waals surface area contributed by atoms with Gasteiger partial charge in [-0.25, -0.2) is 9.37 Å². The molecule has 1 atom stereocenters. The van der Waals surface area contributed by atoms with E-state index in [2.05, 4.69) is 12.2 Å². The summed E-state index contributed by atoms with van der Waals surface area (Å²) >= 11 is 1.82. The first-order valence-corrected chi connectivity index (χ1v) is 8.04. The number of nitrogens with one attached hydrogen (secondary N) is 1. The molecular formula is C16H19FN2S. The van der Waals surface area contributed by atoms with Crippen LogP contribution in [0.2, 0.25) is 0 Å². The molecule has 1 N–H and O–H groups in total. The first-order valence-electron chi connectivity index (χ1n) is 7.22. The maximum absolute atomic E-state index is 12.9. The predicted molar refractivity (Wildman–Crippen MR) is 80.7 cm³/mol. The standard InChI is InChI=1S/C16H19FN2S/c1-2-18-13-4-3-5-14-16(13)19-15(20-14)10-11-6-8-12(17)9-7-11/h6-9,13,18H,2-5,10H2,1H3. The highest BCUT2D eigenvalue weighted by Gasteiger charge is 2.23. The van der Waals surface area contributed by atoms with Crippen molar-refractivity contribution in [3.63, 3.8) is 0 Å². The zero-order valence-corrected chi connectivity index (χ0v) is 12.5. The second kappa shape index (κ2) is 6.02. The van der Waals surface area contributed by atoms with Gasteiger partial charge in [0, 0.05) is 11.3 Å². The largest absolute Gasteiger partial charge is 0.309 e. The first-order chi connectivity index (χ1) is 9.76. The van der Waals surface area contributed by atoms with Gasteiger partial charge >= 0.3 is 0 Å². The van der Waals surface area contributed by atoms with Crippen molar-refractivity contribution in [3.05, 3.63) is 51.2 Å². The number of aromatic nitrogens is 1. The smallest absolute Gasteiger partial charge is 0.123 e. The Kier molecular flexibility index (Phi) is 4.13. The molecular weight excluding hydrogens is 271 g/mol. The molecule has 0 fully saturated rings. The number of nitrogens with zero attached hydrogens (tertiary/aromatic N) is 1. The third-order valence-corrected chi connectivity index (χ3v) is 4.85. The maximum atomic E-state index is 12.9. The van der Waals surface area contributed by atoms with Crippen molar-refractivity contribution >= 4 is 11.3 Å². The van der Waals surface area contributed by atoms with E-state index >= 15 is 0 Å². The van der Waals surface area contributed by atoms with Crippen LogP contribution in [-0.4, -0.2) is 11.5 Å². The van der Waals surface area contributed by atoms with Gasteiger partial charge in [0.25, 0.3) is 0 Å². The highest BCUT2D eigenvalue weighted by Crippen LogP contribution is 2.33. The van der Waals surface area contributed by atoms with Gasteiger partial charge in [-0.05, 0) is 43.5 Å². The lowest BCUT2D eigenvalue weighted by molar-refractivity contribution is 0.465. The zero-order chi connectivity index (χ0) is 13.9. The van der Waals surface area contributed by atoms with Gasteiger partial charge in [-0.1, -0.05) is 19.1 Å². The molecule has 2 nitrogen and oxygen atoms in total. The molecule has 0 amide bonds. The van der Waals surface area contributed by atoms with Crippen molar-refractivity contribution in [2.45, 2.75) is 38.6 Å².